The second-order valence-electron chi connectivity index (χ2n) is 3.49. The van der Waals surface area contributed by atoms with Crippen molar-refractivity contribution in [3.63, 3.8) is 0 Å². The second-order valence-corrected chi connectivity index (χ2v) is 3.49. The fraction of sp³-hybridized carbons (Fsp3) is 0.364. The van der Waals surface area contributed by atoms with E-state index in [2.05, 4.69) is 0 Å². The summed E-state index contributed by atoms with van der Waals surface area (Å²) in [6.45, 7) is 0.576. The lowest BCUT2D eigenvalue weighted by atomic mass is 10.3. The van der Waals surface area contributed by atoms with Crippen molar-refractivity contribution in [3.05, 3.63) is 24.3 Å². The van der Waals surface area contributed by atoms with Crippen LogP contribution < -0.4 is 9.64 Å². The Labute approximate surface area is 88.1 Å². The van der Waals surface area contributed by atoms with Gasteiger partial charge in [0.1, 0.15) is 11.9 Å². The fourth-order valence-electron chi connectivity index (χ4n) is 1.68. The fourth-order valence-corrected chi connectivity index (χ4v) is 1.68. The second kappa shape index (κ2) is 3.90. The summed E-state index contributed by atoms with van der Waals surface area (Å²) in [6.07, 6.45) is -0.336. The lowest BCUT2D eigenvalue weighted by Gasteiger charge is -2.15. The maximum Gasteiger partial charge on any atom is 0.255 e. The summed E-state index contributed by atoms with van der Waals surface area (Å²) in [5.41, 5.74) is 0.803. The van der Waals surface area contributed by atoms with E-state index in [1.807, 2.05) is 12.1 Å². The molecule has 1 atom stereocenters. The molecule has 1 heterocycles. The lowest BCUT2D eigenvalue weighted by Crippen LogP contribution is -2.28. The number of rotatable bonds is 2. The van der Waals surface area contributed by atoms with E-state index in [0.29, 0.717) is 13.0 Å². The number of carbonyl (C=O) groups excluding carboxylic acids is 1. The van der Waals surface area contributed by atoms with Crippen molar-refractivity contribution >= 4 is 11.6 Å². The van der Waals surface area contributed by atoms with Crippen LogP contribution in [-0.4, -0.2) is 30.8 Å². The van der Waals surface area contributed by atoms with Crippen molar-refractivity contribution in [2.45, 2.75) is 12.5 Å². The zero-order chi connectivity index (χ0) is 10.8. The van der Waals surface area contributed by atoms with E-state index >= 15 is 0 Å². The molecule has 1 N–H and O–H groups in total. The molecule has 0 saturated carbocycles. The molecule has 0 radical (unpaired) electrons. The van der Waals surface area contributed by atoms with Crippen LogP contribution in [0.2, 0.25) is 0 Å². The molecule has 15 heavy (non-hydrogen) atoms. The normalized spacial score (nSPS) is 20.8. The quantitative estimate of drug-likeness (QED) is 0.780. The third-order valence-electron chi connectivity index (χ3n) is 2.56. The maximum absolute atomic E-state index is 11.5. The van der Waals surface area contributed by atoms with Crippen molar-refractivity contribution in [1.82, 2.24) is 0 Å². The number of carbonyl (C=O) groups is 1. The van der Waals surface area contributed by atoms with Gasteiger partial charge in [-0.3, -0.25) is 4.79 Å². The molecule has 4 nitrogen and oxygen atoms in total. The molecule has 1 aromatic carbocycles. The molecular weight excluding hydrogens is 194 g/mol. The molecule has 1 aromatic rings. The average Bonchev–Trinajstić information content (AvgIpc) is 2.60. The molecule has 1 unspecified atom stereocenters. The van der Waals surface area contributed by atoms with E-state index in [-0.39, 0.29) is 5.91 Å². The first-order chi connectivity index (χ1) is 7.22. The third kappa shape index (κ3) is 1.80. The first kappa shape index (κ1) is 9.98. The monoisotopic (exact) mass is 207 g/mol. The van der Waals surface area contributed by atoms with Gasteiger partial charge in [-0.25, -0.2) is 0 Å². The van der Waals surface area contributed by atoms with Crippen molar-refractivity contribution in [3.8, 4) is 5.75 Å². The number of aliphatic hydroxyl groups is 1. The smallest absolute Gasteiger partial charge is 0.255 e. The minimum atomic E-state index is -0.841. The topological polar surface area (TPSA) is 49.8 Å². The molecule has 0 aliphatic carbocycles. The summed E-state index contributed by atoms with van der Waals surface area (Å²) in [4.78, 5) is 13.1. The van der Waals surface area contributed by atoms with Gasteiger partial charge in [0.2, 0.25) is 0 Å². The zero-order valence-corrected chi connectivity index (χ0v) is 8.51. The number of hydrogen-bond acceptors (Lipinski definition) is 3. The van der Waals surface area contributed by atoms with Gasteiger partial charge in [-0.15, -0.1) is 0 Å². The summed E-state index contributed by atoms with van der Waals surface area (Å²) in [5, 5.41) is 9.31. The summed E-state index contributed by atoms with van der Waals surface area (Å²) in [5.74, 6) is 0.533. The Morgan fingerprint density at radius 1 is 1.40 bits per heavy atom. The van der Waals surface area contributed by atoms with E-state index in [1.54, 1.807) is 24.1 Å². The van der Waals surface area contributed by atoms with E-state index < -0.39 is 6.10 Å². The zero-order valence-electron chi connectivity index (χ0n) is 8.51. The van der Waals surface area contributed by atoms with Crippen molar-refractivity contribution in [2.24, 2.45) is 0 Å². The number of nitrogens with zero attached hydrogens (tertiary/aromatic N) is 1. The summed E-state index contributed by atoms with van der Waals surface area (Å²) in [7, 11) is 1.60. The van der Waals surface area contributed by atoms with Gasteiger partial charge in [0.05, 0.1) is 7.11 Å². The Hall–Kier alpha value is -1.55. The van der Waals surface area contributed by atoms with Crippen LogP contribution in [0.5, 0.6) is 5.75 Å². The van der Waals surface area contributed by atoms with E-state index in [0.717, 1.165) is 11.4 Å². The number of aliphatic hydroxyl groups excluding tert-OH is 1. The number of methoxy groups -OCH3 is 1. The summed E-state index contributed by atoms with van der Waals surface area (Å²) in [6, 6.07) is 7.23. The van der Waals surface area contributed by atoms with Crippen LogP contribution in [-0.2, 0) is 4.79 Å². The molecule has 1 aliphatic heterocycles. The standard InChI is InChI=1S/C11H13NO3/c1-15-9-4-2-8(3-5-9)12-7-6-10(13)11(12)14/h2-5,10,13H,6-7H2,1H3. The van der Waals surface area contributed by atoms with Crippen LogP contribution >= 0.6 is 0 Å². The molecule has 80 valence electrons. The molecule has 1 fully saturated rings. The number of amides is 1. The molecule has 1 amide bonds. The summed E-state index contributed by atoms with van der Waals surface area (Å²) < 4.78 is 5.03. The summed E-state index contributed by atoms with van der Waals surface area (Å²) >= 11 is 0. The number of hydrogen-bond donors (Lipinski definition) is 1. The van der Waals surface area contributed by atoms with Crippen molar-refractivity contribution in [1.29, 1.82) is 0 Å². The molecule has 2 rings (SSSR count). The van der Waals surface area contributed by atoms with Crippen molar-refractivity contribution < 1.29 is 14.6 Å². The number of benzene rings is 1. The van der Waals surface area contributed by atoms with E-state index in [4.69, 9.17) is 4.74 Å². The Bertz CT molecular complexity index is 361. The Kier molecular flexibility index (Phi) is 2.60. The maximum atomic E-state index is 11.5. The van der Waals surface area contributed by atoms with Gasteiger partial charge in [-0.2, -0.15) is 0 Å². The molecule has 4 heteroatoms. The minimum absolute atomic E-state index is 0.222. The highest BCUT2D eigenvalue weighted by Gasteiger charge is 2.30. The highest BCUT2D eigenvalue weighted by atomic mass is 16.5. The van der Waals surface area contributed by atoms with Crippen LogP contribution in [0.3, 0.4) is 0 Å². The van der Waals surface area contributed by atoms with Gasteiger partial charge >= 0.3 is 0 Å². The van der Waals surface area contributed by atoms with Crippen LogP contribution in [0.4, 0.5) is 5.69 Å². The first-order valence-electron chi connectivity index (χ1n) is 4.86. The molecule has 0 aromatic heterocycles. The van der Waals surface area contributed by atoms with Gasteiger partial charge in [-0.1, -0.05) is 0 Å². The van der Waals surface area contributed by atoms with E-state index in [1.165, 1.54) is 0 Å². The van der Waals surface area contributed by atoms with Crippen molar-refractivity contribution in [2.75, 3.05) is 18.6 Å². The highest BCUT2D eigenvalue weighted by molar-refractivity contribution is 5.98. The Morgan fingerprint density at radius 3 is 2.53 bits per heavy atom. The van der Waals surface area contributed by atoms with Gasteiger partial charge in [0.15, 0.2) is 0 Å². The largest absolute Gasteiger partial charge is 0.497 e. The average molecular weight is 207 g/mol. The number of ether oxygens (including phenoxy) is 1. The predicted molar refractivity (Wildman–Crippen MR) is 56.0 cm³/mol. The van der Waals surface area contributed by atoms with Crippen LogP contribution in [0.1, 0.15) is 6.42 Å². The predicted octanol–water partition coefficient (Wildman–Crippen LogP) is 0.793. The van der Waals surface area contributed by atoms with Gasteiger partial charge in [0, 0.05) is 18.7 Å². The number of anilines is 1. The van der Waals surface area contributed by atoms with E-state index in [9.17, 15) is 9.90 Å². The SMILES string of the molecule is COc1ccc(N2CCC(O)C2=O)cc1. The molecule has 0 bridgehead atoms. The van der Waals surface area contributed by atoms with Crippen LogP contribution in [0, 0.1) is 0 Å². The molecular formula is C11H13NO3. The molecule has 1 aliphatic rings. The van der Waals surface area contributed by atoms with Crippen LogP contribution in [0.15, 0.2) is 24.3 Å². The highest BCUT2D eigenvalue weighted by Crippen LogP contribution is 2.23. The van der Waals surface area contributed by atoms with Gasteiger partial charge < -0.3 is 14.7 Å². The van der Waals surface area contributed by atoms with Crippen LogP contribution in [0.25, 0.3) is 0 Å². The Balaban J connectivity index is 2.19. The first-order valence-corrected chi connectivity index (χ1v) is 4.86. The molecule has 1 saturated heterocycles. The molecule has 0 spiro atoms. The van der Waals surface area contributed by atoms with Gasteiger partial charge in [-0.05, 0) is 24.3 Å². The third-order valence-corrected chi connectivity index (χ3v) is 2.56. The Morgan fingerprint density at radius 2 is 2.07 bits per heavy atom. The minimum Gasteiger partial charge on any atom is -0.497 e. The van der Waals surface area contributed by atoms with Gasteiger partial charge in [0.25, 0.3) is 5.91 Å². The lowest BCUT2D eigenvalue weighted by molar-refractivity contribution is -0.123.